The molecule has 0 aromatic carbocycles. The molecule has 1 saturated heterocycles. The summed E-state index contributed by atoms with van der Waals surface area (Å²) < 4.78 is 0. The molecule has 3 atom stereocenters. The van der Waals surface area contributed by atoms with E-state index in [2.05, 4.69) is 26.1 Å². The van der Waals surface area contributed by atoms with E-state index in [0.717, 1.165) is 0 Å². The Morgan fingerprint density at radius 1 is 1.15 bits per heavy atom. The third-order valence-electron chi connectivity index (χ3n) is 6.07. The normalized spacial score (nSPS) is 42.0. The van der Waals surface area contributed by atoms with Gasteiger partial charge in [-0.05, 0) is 49.9 Å². The van der Waals surface area contributed by atoms with Crippen molar-refractivity contribution in [3.8, 4) is 0 Å². The summed E-state index contributed by atoms with van der Waals surface area (Å²) in [6.07, 6.45) is 3.63. The van der Waals surface area contributed by atoms with Crippen molar-refractivity contribution in [2.45, 2.75) is 65.5 Å². The molecule has 0 spiro atoms. The van der Waals surface area contributed by atoms with Crippen LogP contribution >= 0.6 is 0 Å². The fourth-order valence-electron chi connectivity index (χ4n) is 5.29. The molecule has 4 heteroatoms. The van der Waals surface area contributed by atoms with Crippen LogP contribution in [0.15, 0.2) is 0 Å². The molecule has 2 aliphatic carbocycles. The van der Waals surface area contributed by atoms with Gasteiger partial charge >= 0.3 is 0 Å². The highest BCUT2D eigenvalue weighted by molar-refractivity contribution is 5.97. The summed E-state index contributed by atoms with van der Waals surface area (Å²) in [7, 11) is 0. The number of hydrogen-bond acceptors (Lipinski definition) is 2. The lowest BCUT2D eigenvalue weighted by Gasteiger charge is -2.52. The molecule has 4 nitrogen and oxygen atoms in total. The minimum atomic E-state index is -0.774. The maximum absolute atomic E-state index is 12.8. The van der Waals surface area contributed by atoms with Gasteiger partial charge in [0.1, 0.15) is 5.54 Å². The molecule has 0 aromatic heterocycles. The van der Waals surface area contributed by atoms with E-state index in [1.54, 1.807) is 0 Å². The molecular formula is C16H26N2O2. The minimum absolute atomic E-state index is 0.0308. The van der Waals surface area contributed by atoms with Gasteiger partial charge in [0, 0.05) is 6.04 Å². The number of nitrogens with zero attached hydrogens (tertiary/aromatic N) is 1. The molecule has 2 saturated carbocycles. The fraction of sp³-hybridized carbons (Fsp3) is 0.875. The first kappa shape index (κ1) is 13.9. The van der Waals surface area contributed by atoms with Gasteiger partial charge in [0.15, 0.2) is 0 Å². The van der Waals surface area contributed by atoms with Crippen LogP contribution in [0.3, 0.4) is 0 Å². The van der Waals surface area contributed by atoms with E-state index in [9.17, 15) is 9.59 Å². The Balaban J connectivity index is 1.99. The zero-order valence-corrected chi connectivity index (χ0v) is 13.2. The summed E-state index contributed by atoms with van der Waals surface area (Å²) in [6, 6.07) is 0.187. The monoisotopic (exact) mass is 278 g/mol. The van der Waals surface area contributed by atoms with Crippen LogP contribution in [0.25, 0.3) is 0 Å². The lowest BCUT2D eigenvalue weighted by Crippen LogP contribution is -2.69. The zero-order chi connectivity index (χ0) is 14.9. The van der Waals surface area contributed by atoms with Crippen molar-refractivity contribution in [3.63, 3.8) is 0 Å². The average Bonchev–Trinajstić information content (AvgIpc) is 2.75. The molecule has 20 heavy (non-hydrogen) atoms. The van der Waals surface area contributed by atoms with Gasteiger partial charge in [-0.2, -0.15) is 0 Å². The molecule has 3 aliphatic rings. The number of rotatable bonds is 1. The van der Waals surface area contributed by atoms with Gasteiger partial charge in [0.2, 0.25) is 11.8 Å². The van der Waals surface area contributed by atoms with Crippen LogP contribution in [0.4, 0.5) is 0 Å². The van der Waals surface area contributed by atoms with Crippen molar-refractivity contribution >= 4 is 11.8 Å². The molecule has 3 fully saturated rings. The Morgan fingerprint density at radius 3 is 2.35 bits per heavy atom. The van der Waals surface area contributed by atoms with E-state index in [-0.39, 0.29) is 35.2 Å². The van der Waals surface area contributed by atoms with Gasteiger partial charge in [-0.1, -0.05) is 20.8 Å². The van der Waals surface area contributed by atoms with Crippen LogP contribution in [0.5, 0.6) is 0 Å². The summed E-state index contributed by atoms with van der Waals surface area (Å²) >= 11 is 0. The number of fused-ring (bicyclic) bond motifs is 2. The predicted octanol–water partition coefficient (Wildman–Crippen LogP) is 1.94. The summed E-state index contributed by atoms with van der Waals surface area (Å²) in [5.41, 5.74) is -0.489. The molecule has 1 aliphatic heterocycles. The molecule has 2 bridgehead atoms. The van der Waals surface area contributed by atoms with Crippen LogP contribution in [-0.2, 0) is 9.59 Å². The topological polar surface area (TPSA) is 49.4 Å². The van der Waals surface area contributed by atoms with E-state index in [0.29, 0.717) is 5.92 Å². The Bertz CT molecular complexity index is 478. The minimum Gasteiger partial charge on any atom is -0.341 e. The van der Waals surface area contributed by atoms with Crippen molar-refractivity contribution in [2.75, 3.05) is 6.54 Å². The largest absolute Gasteiger partial charge is 0.341 e. The standard InChI is InChI=1S/C16H26N2O2/c1-14(2)10-6-7-16(5,8-10)12(14)18-9-11(19)17-15(3,4)13(18)20/h10,12H,6-9H2,1-5H3,(H,17,19). The van der Waals surface area contributed by atoms with Gasteiger partial charge in [0.05, 0.1) is 6.54 Å². The molecule has 3 unspecified atom stereocenters. The summed E-state index contributed by atoms with van der Waals surface area (Å²) in [4.78, 5) is 26.7. The van der Waals surface area contributed by atoms with Crippen LogP contribution in [0.2, 0.25) is 0 Å². The van der Waals surface area contributed by atoms with Crippen molar-refractivity contribution in [3.05, 3.63) is 0 Å². The Hall–Kier alpha value is -1.06. The molecule has 112 valence electrons. The highest BCUT2D eigenvalue weighted by Gasteiger charge is 2.63. The third kappa shape index (κ3) is 1.66. The maximum atomic E-state index is 12.8. The molecule has 3 rings (SSSR count). The summed E-state index contributed by atoms with van der Waals surface area (Å²) in [6.45, 7) is 10.7. The second-order valence-electron chi connectivity index (χ2n) is 8.42. The second-order valence-corrected chi connectivity index (χ2v) is 8.42. The first-order valence-corrected chi connectivity index (χ1v) is 7.70. The van der Waals surface area contributed by atoms with Gasteiger partial charge in [0.25, 0.3) is 0 Å². The van der Waals surface area contributed by atoms with Crippen LogP contribution in [0, 0.1) is 16.7 Å². The second kappa shape index (κ2) is 3.77. The highest BCUT2D eigenvalue weighted by atomic mass is 16.2. The molecule has 0 radical (unpaired) electrons. The van der Waals surface area contributed by atoms with Crippen molar-refractivity contribution in [1.29, 1.82) is 0 Å². The lowest BCUT2D eigenvalue weighted by molar-refractivity contribution is -0.157. The maximum Gasteiger partial charge on any atom is 0.248 e. The van der Waals surface area contributed by atoms with E-state index >= 15 is 0 Å². The first-order valence-electron chi connectivity index (χ1n) is 7.70. The molecule has 1 N–H and O–H groups in total. The Morgan fingerprint density at radius 2 is 1.80 bits per heavy atom. The van der Waals surface area contributed by atoms with Crippen LogP contribution in [-0.4, -0.2) is 34.8 Å². The molecule has 1 heterocycles. The Kier molecular flexibility index (Phi) is 2.62. The molecular weight excluding hydrogens is 252 g/mol. The van der Waals surface area contributed by atoms with Crippen molar-refractivity contribution < 1.29 is 9.59 Å². The number of carbonyl (C=O) groups excluding carboxylic acids is 2. The zero-order valence-electron chi connectivity index (χ0n) is 13.2. The summed E-state index contributed by atoms with van der Waals surface area (Å²) in [5, 5.41) is 2.81. The van der Waals surface area contributed by atoms with Crippen molar-refractivity contribution in [1.82, 2.24) is 10.2 Å². The molecule has 2 amide bonds. The number of piperazine rings is 1. The van der Waals surface area contributed by atoms with Gasteiger partial charge < -0.3 is 10.2 Å². The number of hydrogen-bond donors (Lipinski definition) is 1. The molecule has 0 aromatic rings. The van der Waals surface area contributed by atoms with Gasteiger partial charge in [-0.25, -0.2) is 0 Å². The predicted molar refractivity (Wildman–Crippen MR) is 77.0 cm³/mol. The van der Waals surface area contributed by atoms with E-state index < -0.39 is 5.54 Å². The fourth-order valence-corrected chi connectivity index (χ4v) is 5.29. The smallest absolute Gasteiger partial charge is 0.248 e. The number of amides is 2. The van der Waals surface area contributed by atoms with Gasteiger partial charge in [-0.3, -0.25) is 9.59 Å². The lowest BCUT2D eigenvalue weighted by atomic mass is 9.67. The van der Waals surface area contributed by atoms with E-state index in [4.69, 9.17) is 0 Å². The van der Waals surface area contributed by atoms with Crippen LogP contribution in [0.1, 0.15) is 53.9 Å². The quantitative estimate of drug-likeness (QED) is 0.797. The van der Waals surface area contributed by atoms with E-state index in [1.165, 1.54) is 19.3 Å². The first-order chi connectivity index (χ1) is 9.08. The average molecular weight is 278 g/mol. The number of carbonyl (C=O) groups is 2. The van der Waals surface area contributed by atoms with Crippen LogP contribution < -0.4 is 5.32 Å². The number of nitrogens with one attached hydrogen (secondary N) is 1. The highest BCUT2D eigenvalue weighted by Crippen LogP contribution is 2.64. The SMILES string of the molecule is CC1(C)NC(=O)CN(C2C3(C)CCC(C3)C2(C)C)C1=O. The summed E-state index contributed by atoms with van der Waals surface area (Å²) in [5.74, 6) is 0.721. The Labute approximate surface area is 121 Å². The third-order valence-corrected chi connectivity index (χ3v) is 6.07. The van der Waals surface area contributed by atoms with Crippen molar-refractivity contribution in [2.24, 2.45) is 16.7 Å². The van der Waals surface area contributed by atoms with Gasteiger partial charge in [-0.15, -0.1) is 0 Å². The van der Waals surface area contributed by atoms with E-state index in [1.807, 2.05) is 18.7 Å².